The SMILES string of the molecule is Brc1ccc2ncc(N3CCCCC3)nc2c1. The smallest absolute Gasteiger partial charge is 0.147 e. The molecule has 0 aliphatic carbocycles. The molecule has 3 rings (SSSR count). The van der Waals surface area contributed by atoms with Gasteiger partial charge in [0.15, 0.2) is 0 Å². The van der Waals surface area contributed by atoms with Crippen LogP contribution in [0.25, 0.3) is 11.0 Å². The molecule has 88 valence electrons. The Bertz CT molecular complexity index is 535. The quantitative estimate of drug-likeness (QED) is 0.807. The first-order chi connectivity index (χ1) is 8.33. The van der Waals surface area contributed by atoms with Crippen LogP contribution < -0.4 is 4.90 Å². The van der Waals surface area contributed by atoms with E-state index >= 15 is 0 Å². The van der Waals surface area contributed by atoms with Gasteiger partial charge in [-0.2, -0.15) is 0 Å². The number of rotatable bonds is 1. The van der Waals surface area contributed by atoms with E-state index in [0.29, 0.717) is 0 Å². The second-order valence-corrected chi connectivity index (χ2v) is 5.32. The van der Waals surface area contributed by atoms with Crippen molar-refractivity contribution < 1.29 is 0 Å². The lowest BCUT2D eigenvalue weighted by atomic mass is 10.1. The number of fused-ring (bicyclic) bond motifs is 1. The zero-order valence-electron chi connectivity index (χ0n) is 9.56. The van der Waals surface area contributed by atoms with E-state index in [-0.39, 0.29) is 0 Å². The van der Waals surface area contributed by atoms with Gasteiger partial charge in [0.05, 0.1) is 17.2 Å². The van der Waals surface area contributed by atoms with Crippen LogP contribution in [0.1, 0.15) is 19.3 Å². The number of hydrogen-bond donors (Lipinski definition) is 0. The maximum absolute atomic E-state index is 4.69. The van der Waals surface area contributed by atoms with E-state index in [1.807, 2.05) is 24.4 Å². The molecule has 2 aromatic rings. The van der Waals surface area contributed by atoms with E-state index in [1.54, 1.807) is 0 Å². The standard InChI is InChI=1S/C13H14BrN3/c14-10-4-5-11-12(8-10)16-13(9-15-11)17-6-2-1-3-7-17/h4-5,8-9H,1-3,6-7H2. The molecule has 1 aliphatic heterocycles. The van der Waals surface area contributed by atoms with Crippen molar-refractivity contribution in [3.8, 4) is 0 Å². The van der Waals surface area contributed by atoms with Gasteiger partial charge in [0.2, 0.25) is 0 Å². The third kappa shape index (κ3) is 2.27. The second-order valence-electron chi connectivity index (χ2n) is 4.41. The van der Waals surface area contributed by atoms with Crippen molar-refractivity contribution in [3.63, 3.8) is 0 Å². The molecule has 1 saturated heterocycles. The van der Waals surface area contributed by atoms with Crippen molar-refractivity contribution in [3.05, 3.63) is 28.9 Å². The Morgan fingerprint density at radius 3 is 2.71 bits per heavy atom. The molecule has 0 N–H and O–H groups in total. The van der Waals surface area contributed by atoms with Gasteiger partial charge in [-0.3, -0.25) is 4.98 Å². The Morgan fingerprint density at radius 1 is 1.06 bits per heavy atom. The van der Waals surface area contributed by atoms with Crippen molar-refractivity contribution in [2.24, 2.45) is 0 Å². The number of nitrogens with zero attached hydrogens (tertiary/aromatic N) is 3. The molecule has 0 atom stereocenters. The zero-order chi connectivity index (χ0) is 11.7. The molecule has 1 aliphatic rings. The van der Waals surface area contributed by atoms with Gasteiger partial charge in [-0.25, -0.2) is 4.98 Å². The zero-order valence-corrected chi connectivity index (χ0v) is 11.2. The number of aromatic nitrogens is 2. The molecule has 17 heavy (non-hydrogen) atoms. The van der Waals surface area contributed by atoms with Crippen LogP contribution in [0.15, 0.2) is 28.9 Å². The highest BCUT2D eigenvalue weighted by Gasteiger charge is 2.12. The highest BCUT2D eigenvalue weighted by molar-refractivity contribution is 9.10. The summed E-state index contributed by atoms with van der Waals surface area (Å²) in [6, 6.07) is 6.01. The molecule has 2 heterocycles. The predicted molar refractivity (Wildman–Crippen MR) is 73.3 cm³/mol. The molecule has 0 spiro atoms. The Morgan fingerprint density at radius 2 is 1.88 bits per heavy atom. The molecule has 3 nitrogen and oxygen atoms in total. The van der Waals surface area contributed by atoms with Gasteiger partial charge >= 0.3 is 0 Å². The van der Waals surface area contributed by atoms with Gasteiger partial charge in [-0.1, -0.05) is 15.9 Å². The Labute approximate surface area is 109 Å². The molecule has 0 saturated carbocycles. The summed E-state index contributed by atoms with van der Waals surface area (Å²) in [6.45, 7) is 2.21. The number of piperidine rings is 1. The topological polar surface area (TPSA) is 29.0 Å². The van der Waals surface area contributed by atoms with Crippen LogP contribution in [-0.4, -0.2) is 23.1 Å². The van der Waals surface area contributed by atoms with Crippen molar-refractivity contribution in [1.82, 2.24) is 9.97 Å². The minimum atomic E-state index is 0.953. The van der Waals surface area contributed by atoms with E-state index < -0.39 is 0 Å². The Balaban J connectivity index is 1.99. The van der Waals surface area contributed by atoms with Gasteiger partial charge in [-0.05, 0) is 37.5 Å². The van der Waals surface area contributed by atoms with Crippen molar-refractivity contribution >= 4 is 32.8 Å². The molecule has 1 aromatic carbocycles. The highest BCUT2D eigenvalue weighted by atomic mass is 79.9. The minimum absolute atomic E-state index is 0.953. The van der Waals surface area contributed by atoms with Gasteiger partial charge in [0, 0.05) is 17.6 Å². The molecule has 0 unspecified atom stereocenters. The first-order valence-corrected chi connectivity index (χ1v) is 6.79. The molecule has 1 aromatic heterocycles. The van der Waals surface area contributed by atoms with E-state index in [4.69, 9.17) is 4.98 Å². The van der Waals surface area contributed by atoms with E-state index in [0.717, 1.165) is 34.4 Å². The van der Waals surface area contributed by atoms with E-state index in [9.17, 15) is 0 Å². The number of benzene rings is 1. The van der Waals surface area contributed by atoms with Gasteiger partial charge < -0.3 is 4.90 Å². The van der Waals surface area contributed by atoms with Crippen LogP contribution in [0.5, 0.6) is 0 Å². The van der Waals surface area contributed by atoms with Crippen LogP contribution in [-0.2, 0) is 0 Å². The van der Waals surface area contributed by atoms with Crippen LogP contribution in [0.4, 0.5) is 5.82 Å². The third-order valence-electron chi connectivity index (χ3n) is 3.17. The van der Waals surface area contributed by atoms with Crippen molar-refractivity contribution in [1.29, 1.82) is 0 Å². The fourth-order valence-corrected chi connectivity index (χ4v) is 2.60. The van der Waals surface area contributed by atoms with Crippen LogP contribution >= 0.6 is 15.9 Å². The fourth-order valence-electron chi connectivity index (χ4n) is 2.25. The molecular formula is C13H14BrN3. The van der Waals surface area contributed by atoms with E-state index in [1.165, 1.54) is 19.3 Å². The number of hydrogen-bond acceptors (Lipinski definition) is 3. The maximum Gasteiger partial charge on any atom is 0.147 e. The average Bonchev–Trinajstić information content (AvgIpc) is 2.39. The summed E-state index contributed by atoms with van der Waals surface area (Å²) in [4.78, 5) is 11.5. The summed E-state index contributed by atoms with van der Waals surface area (Å²) in [5.74, 6) is 1.01. The third-order valence-corrected chi connectivity index (χ3v) is 3.66. The lowest BCUT2D eigenvalue weighted by Crippen LogP contribution is -2.30. The Hall–Kier alpha value is -1.16. The van der Waals surface area contributed by atoms with Crippen LogP contribution in [0.3, 0.4) is 0 Å². The second kappa shape index (κ2) is 4.61. The van der Waals surface area contributed by atoms with Crippen LogP contribution in [0, 0.1) is 0 Å². The molecule has 4 heteroatoms. The van der Waals surface area contributed by atoms with Crippen molar-refractivity contribution in [2.45, 2.75) is 19.3 Å². The maximum atomic E-state index is 4.69. The molecular weight excluding hydrogens is 278 g/mol. The van der Waals surface area contributed by atoms with Crippen LogP contribution in [0.2, 0.25) is 0 Å². The van der Waals surface area contributed by atoms with E-state index in [2.05, 4.69) is 25.8 Å². The van der Waals surface area contributed by atoms with Crippen molar-refractivity contribution in [2.75, 3.05) is 18.0 Å². The highest BCUT2D eigenvalue weighted by Crippen LogP contribution is 2.21. The fraction of sp³-hybridized carbons (Fsp3) is 0.385. The summed E-state index contributed by atoms with van der Waals surface area (Å²) in [5.41, 5.74) is 1.91. The predicted octanol–water partition coefficient (Wildman–Crippen LogP) is 3.38. The largest absolute Gasteiger partial charge is 0.355 e. The lowest BCUT2D eigenvalue weighted by Gasteiger charge is -2.27. The Kier molecular flexibility index (Phi) is 2.97. The lowest BCUT2D eigenvalue weighted by molar-refractivity contribution is 0.573. The summed E-state index contributed by atoms with van der Waals surface area (Å²) < 4.78 is 1.05. The summed E-state index contributed by atoms with van der Waals surface area (Å²) >= 11 is 3.47. The summed E-state index contributed by atoms with van der Waals surface area (Å²) in [5, 5.41) is 0. The van der Waals surface area contributed by atoms with Gasteiger partial charge in [0.25, 0.3) is 0 Å². The molecule has 0 amide bonds. The summed E-state index contributed by atoms with van der Waals surface area (Å²) in [6.07, 6.45) is 5.75. The number of anilines is 1. The van der Waals surface area contributed by atoms with Gasteiger partial charge in [0.1, 0.15) is 5.82 Å². The minimum Gasteiger partial charge on any atom is -0.355 e. The van der Waals surface area contributed by atoms with Gasteiger partial charge in [-0.15, -0.1) is 0 Å². The summed E-state index contributed by atoms with van der Waals surface area (Å²) in [7, 11) is 0. The molecule has 0 bridgehead atoms. The number of halogens is 1. The molecule has 0 radical (unpaired) electrons. The first kappa shape index (κ1) is 11.0. The first-order valence-electron chi connectivity index (χ1n) is 6.00. The normalized spacial score (nSPS) is 16.4. The molecule has 1 fully saturated rings. The average molecular weight is 292 g/mol. The monoisotopic (exact) mass is 291 g/mol.